The minimum absolute atomic E-state index is 0.422. The summed E-state index contributed by atoms with van der Waals surface area (Å²) >= 11 is 0. The van der Waals surface area contributed by atoms with Crippen molar-refractivity contribution in [3.8, 4) is 11.1 Å². The summed E-state index contributed by atoms with van der Waals surface area (Å²) in [5.41, 5.74) is 10.1. The molecule has 0 atom stereocenters. The van der Waals surface area contributed by atoms with Gasteiger partial charge in [-0.3, -0.25) is 0 Å². The molecule has 3 nitrogen and oxygen atoms in total. The predicted molar refractivity (Wildman–Crippen MR) is 69.7 cm³/mol. The number of nitrogen functional groups attached to an aromatic ring is 1. The minimum Gasteiger partial charge on any atom is -0.367 e. The Balaban J connectivity index is 2.44. The van der Waals surface area contributed by atoms with E-state index in [9.17, 15) is 0 Å². The van der Waals surface area contributed by atoms with Crippen molar-refractivity contribution in [3.63, 3.8) is 0 Å². The quantitative estimate of drug-likeness (QED) is 0.873. The Morgan fingerprint density at radius 1 is 1.29 bits per heavy atom. The van der Waals surface area contributed by atoms with Crippen molar-refractivity contribution in [2.45, 2.75) is 33.1 Å². The second-order valence-electron chi connectivity index (χ2n) is 4.29. The first-order valence-corrected chi connectivity index (χ1v) is 6.04. The van der Waals surface area contributed by atoms with Crippen LogP contribution in [0.25, 0.3) is 11.1 Å². The molecule has 0 saturated carbocycles. The van der Waals surface area contributed by atoms with Gasteiger partial charge in [0.15, 0.2) is 0 Å². The molecule has 0 fully saturated rings. The molecule has 1 aromatic heterocycles. The molecule has 0 saturated heterocycles. The van der Waals surface area contributed by atoms with E-state index in [1.165, 1.54) is 5.56 Å². The standard InChI is InChI=1S/C14H18N2O/c1-3-4-9-12-13(14(15)17-16-12)11-8-6-5-7-10(11)2/h5-8H,3-4,9,15H2,1-2H3. The highest BCUT2D eigenvalue weighted by molar-refractivity contribution is 5.77. The number of hydrogen-bond donors (Lipinski definition) is 1. The van der Waals surface area contributed by atoms with Crippen LogP contribution in [0.3, 0.4) is 0 Å². The summed E-state index contributed by atoms with van der Waals surface area (Å²) in [6.07, 6.45) is 3.16. The van der Waals surface area contributed by atoms with Gasteiger partial charge in [-0.25, -0.2) is 0 Å². The van der Waals surface area contributed by atoms with E-state index in [1.54, 1.807) is 0 Å². The van der Waals surface area contributed by atoms with Crippen molar-refractivity contribution < 1.29 is 4.52 Å². The van der Waals surface area contributed by atoms with Crippen molar-refractivity contribution in [2.75, 3.05) is 5.73 Å². The average molecular weight is 230 g/mol. The van der Waals surface area contributed by atoms with Crippen LogP contribution in [0.1, 0.15) is 31.0 Å². The van der Waals surface area contributed by atoms with Crippen LogP contribution >= 0.6 is 0 Å². The van der Waals surface area contributed by atoms with Gasteiger partial charge >= 0.3 is 0 Å². The lowest BCUT2D eigenvalue weighted by Crippen LogP contribution is -1.93. The van der Waals surface area contributed by atoms with Crippen LogP contribution in [-0.4, -0.2) is 5.16 Å². The molecule has 0 aliphatic rings. The second-order valence-corrected chi connectivity index (χ2v) is 4.29. The van der Waals surface area contributed by atoms with Crippen LogP contribution in [0, 0.1) is 6.92 Å². The number of aromatic nitrogens is 1. The summed E-state index contributed by atoms with van der Waals surface area (Å²) < 4.78 is 5.13. The Labute approximate surface area is 102 Å². The van der Waals surface area contributed by atoms with E-state index in [1.807, 2.05) is 12.1 Å². The first kappa shape index (κ1) is 11.7. The summed E-state index contributed by atoms with van der Waals surface area (Å²) in [5.74, 6) is 0.422. The molecule has 0 amide bonds. The number of nitrogens with two attached hydrogens (primary N) is 1. The molecule has 0 aliphatic carbocycles. The molecule has 0 spiro atoms. The Kier molecular flexibility index (Phi) is 3.47. The number of hydrogen-bond acceptors (Lipinski definition) is 3. The lowest BCUT2D eigenvalue weighted by molar-refractivity contribution is 0.426. The third-order valence-electron chi connectivity index (χ3n) is 2.97. The first-order chi connectivity index (χ1) is 8.24. The summed E-state index contributed by atoms with van der Waals surface area (Å²) in [7, 11) is 0. The number of anilines is 1. The van der Waals surface area contributed by atoms with Crippen molar-refractivity contribution in [1.29, 1.82) is 0 Å². The molecule has 0 radical (unpaired) electrons. The molecule has 17 heavy (non-hydrogen) atoms. The zero-order valence-electron chi connectivity index (χ0n) is 10.4. The van der Waals surface area contributed by atoms with Crippen LogP contribution in [0.4, 0.5) is 5.88 Å². The minimum atomic E-state index is 0.422. The van der Waals surface area contributed by atoms with Gasteiger partial charge in [0.1, 0.15) is 0 Å². The molecular formula is C14H18N2O. The fourth-order valence-corrected chi connectivity index (χ4v) is 1.99. The monoisotopic (exact) mass is 230 g/mol. The van der Waals surface area contributed by atoms with E-state index in [0.29, 0.717) is 5.88 Å². The van der Waals surface area contributed by atoms with Crippen LogP contribution < -0.4 is 5.73 Å². The van der Waals surface area contributed by atoms with Crippen molar-refractivity contribution in [3.05, 3.63) is 35.5 Å². The Hall–Kier alpha value is -1.77. The van der Waals surface area contributed by atoms with E-state index < -0.39 is 0 Å². The van der Waals surface area contributed by atoms with E-state index in [-0.39, 0.29) is 0 Å². The number of rotatable bonds is 4. The van der Waals surface area contributed by atoms with Gasteiger partial charge in [0, 0.05) is 0 Å². The molecule has 0 aliphatic heterocycles. The molecule has 2 N–H and O–H groups in total. The third-order valence-corrected chi connectivity index (χ3v) is 2.97. The lowest BCUT2D eigenvalue weighted by Gasteiger charge is -2.05. The molecule has 2 rings (SSSR count). The lowest BCUT2D eigenvalue weighted by atomic mass is 9.98. The molecule has 0 unspecified atom stereocenters. The van der Waals surface area contributed by atoms with Gasteiger partial charge in [-0.2, -0.15) is 0 Å². The highest BCUT2D eigenvalue weighted by Crippen LogP contribution is 2.32. The topological polar surface area (TPSA) is 52.0 Å². The van der Waals surface area contributed by atoms with Crippen molar-refractivity contribution in [2.24, 2.45) is 0 Å². The fourth-order valence-electron chi connectivity index (χ4n) is 1.99. The molecule has 0 bridgehead atoms. The van der Waals surface area contributed by atoms with Gasteiger partial charge in [0.25, 0.3) is 0 Å². The molecule has 1 aromatic carbocycles. The average Bonchev–Trinajstić information content (AvgIpc) is 2.69. The Bertz CT molecular complexity index is 503. The zero-order chi connectivity index (χ0) is 12.3. The molecule has 3 heteroatoms. The largest absolute Gasteiger partial charge is 0.367 e. The Morgan fingerprint density at radius 3 is 2.76 bits per heavy atom. The van der Waals surface area contributed by atoms with Crippen LogP contribution in [0.2, 0.25) is 0 Å². The SMILES string of the molecule is CCCCc1noc(N)c1-c1ccccc1C. The van der Waals surface area contributed by atoms with Gasteiger partial charge in [0.2, 0.25) is 5.88 Å². The van der Waals surface area contributed by atoms with Crippen LogP contribution in [-0.2, 0) is 6.42 Å². The van der Waals surface area contributed by atoms with E-state index in [0.717, 1.165) is 36.1 Å². The molecule has 2 aromatic rings. The first-order valence-electron chi connectivity index (χ1n) is 6.04. The van der Waals surface area contributed by atoms with E-state index in [4.69, 9.17) is 10.3 Å². The zero-order valence-corrected chi connectivity index (χ0v) is 10.4. The van der Waals surface area contributed by atoms with Crippen LogP contribution in [0.5, 0.6) is 0 Å². The summed E-state index contributed by atoms with van der Waals surface area (Å²) in [4.78, 5) is 0. The predicted octanol–water partition coefficient (Wildman–Crippen LogP) is 3.57. The van der Waals surface area contributed by atoms with E-state index >= 15 is 0 Å². The van der Waals surface area contributed by atoms with E-state index in [2.05, 4.69) is 31.1 Å². The third kappa shape index (κ3) is 2.33. The van der Waals surface area contributed by atoms with Crippen molar-refractivity contribution in [1.82, 2.24) is 5.16 Å². The maximum Gasteiger partial charge on any atom is 0.230 e. The smallest absolute Gasteiger partial charge is 0.230 e. The maximum absolute atomic E-state index is 5.88. The van der Waals surface area contributed by atoms with Crippen LogP contribution in [0.15, 0.2) is 28.8 Å². The number of aryl methyl sites for hydroxylation is 2. The molecule has 90 valence electrons. The van der Waals surface area contributed by atoms with Gasteiger partial charge < -0.3 is 10.3 Å². The Morgan fingerprint density at radius 2 is 2.06 bits per heavy atom. The molecule has 1 heterocycles. The van der Waals surface area contributed by atoms with Gasteiger partial charge in [0.05, 0.1) is 11.3 Å². The van der Waals surface area contributed by atoms with Crippen molar-refractivity contribution >= 4 is 5.88 Å². The summed E-state index contributed by atoms with van der Waals surface area (Å²) in [6.45, 7) is 4.24. The second kappa shape index (κ2) is 5.04. The normalized spacial score (nSPS) is 10.7. The van der Waals surface area contributed by atoms with Gasteiger partial charge in [-0.05, 0) is 30.9 Å². The van der Waals surface area contributed by atoms with Gasteiger partial charge in [-0.15, -0.1) is 0 Å². The summed E-state index contributed by atoms with van der Waals surface area (Å²) in [5, 5.41) is 4.07. The highest BCUT2D eigenvalue weighted by atomic mass is 16.5. The van der Waals surface area contributed by atoms with Gasteiger partial charge in [-0.1, -0.05) is 42.8 Å². The summed E-state index contributed by atoms with van der Waals surface area (Å²) in [6, 6.07) is 8.17. The molecular weight excluding hydrogens is 212 g/mol. The highest BCUT2D eigenvalue weighted by Gasteiger charge is 2.16. The number of nitrogens with zero attached hydrogens (tertiary/aromatic N) is 1. The number of unbranched alkanes of at least 4 members (excludes halogenated alkanes) is 1. The number of benzene rings is 1. The fraction of sp³-hybridized carbons (Fsp3) is 0.357. The maximum atomic E-state index is 5.88.